The van der Waals surface area contributed by atoms with Crippen molar-refractivity contribution in [1.82, 2.24) is 14.9 Å². The molecule has 0 saturated carbocycles. The second kappa shape index (κ2) is 6.89. The summed E-state index contributed by atoms with van der Waals surface area (Å²) in [6.45, 7) is 6.98. The normalized spacial score (nSPS) is 20.1. The fraction of sp³-hybridized carbons (Fsp3) is 0.500. The van der Waals surface area contributed by atoms with Crippen molar-refractivity contribution in [1.29, 1.82) is 0 Å². The molecule has 2 aliphatic rings. The monoisotopic (exact) mass is 322 g/mol. The summed E-state index contributed by atoms with van der Waals surface area (Å²) in [6.07, 6.45) is 9.21. The van der Waals surface area contributed by atoms with Crippen molar-refractivity contribution < 1.29 is 0 Å². The maximum Gasteiger partial charge on any atom is 0.0755 e. The SMILES string of the molecule is C[C@H](c1cnccn1)N1CCC(CN2CCc3ccccc32)CC1. The van der Waals surface area contributed by atoms with Gasteiger partial charge in [-0.1, -0.05) is 18.2 Å². The molecular weight excluding hydrogens is 296 g/mol. The van der Waals surface area contributed by atoms with Crippen LogP contribution in [0.5, 0.6) is 0 Å². The predicted octanol–water partition coefficient (Wildman–Crippen LogP) is 3.31. The molecule has 4 rings (SSSR count). The molecule has 3 heterocycles. The molecule has 0 aliphatic carbocycles. The average Bonchev–Trinajstić information content (AvgIpc) is 3.06. The highest BCUT2D eigenvalue weighted by Crippen LogP contribution is 2.31. The third kappa shape index (κ3) is 3.16. The maximum absolute atomic E-state index is 4.47. The van der Waals surface area contributed by atoms with Crippen LogP contribution in [0.2, 0.25) is 0 Å². The molecule has 0 N–H and O–H groups in total. The third-order valence-corrected chi connectivity index (χ3v) is 5.67. The number of hydrogen-bond donors (Lipinski definition) is 0. The van der Waals surface area contributed by atoms with Gasteiger partial charge in [0.15, 0.2) is 0 Å². The van der Waals surface area contributed by atoms with E-state index in [4.69, 9.17) is 0 Å². The Hall–Kier alpha value is -1.94. The quantitative estimate of drug-likeness (QED) is 0.864. The van der Waals surface area contributed by atoms with Gasteiger partial charge in [0, 0.05) is 37.4 Å². The molecule has 2 aliphatic heterocycles. The van der Waals surface area contributed by atoms with Gasteiger partial charge in [-0.25, -0.2) is 0 Å². The van der Waals surface area contributed by atoms with E-state index in [9.17, 15) is 0 Å². The van der Waals surface area contributed by atoms with Crippen molar-refractivity contribution in [3.05, 3.63) is 54.1 Å². The minimum absolute atomic E-state index is 0.368. The number of para-hydroxylation sites is 1. The standard InChI is InChI=1S/C20H26N4/c1-16(19-14-21-9-10-22-19)23-11-6-17(7-12-23)15-24-13-8-18-4-2-3-5-20(18)24/h2-5,9-10,14,16-17H,6-8,11-13,15H2,1H3/t16-/m1/s1. The van der Waals surface area contributed by atoms with Crippen molar-refractivity contribution in [2.75, 3.05) is 31.1 Å². The van der Waals surface area contributed by atoms with E-state index in [0.717, 1.165) is 24.7 Å². The minimum Gasteiger partial charge on any atom is -0.371 e. The van der Waals surface area contributed by atoms with E-state index >= 15 is 0 Å². The first-order valence-electron chi connectivity index (χ1n) is 9.14. The van der Waals surface area contributed by atoms with E-state index in [-0.39, 0.29) is 0 Å². The van der Waals surface area contributed by atoms with Gasteiger partial charge in [-0.05, 0) is 56.8 Å². The molecule has 1 atom stereocenters. The van der Waals surface area contributed by atoms with Crippen LogP contribution < -0.4 is 4.90 Å². The van der Waals surface area contributed by atoms with Gasteiger partial charge < -0.3 is 4.90 Å². The Morgan fingerprint density at radius 2 is 1.96 bits per heavy atom. The molecule has 1 fully saturated rings. The second-order valence-electron chi connectivity index (χ2n) is 7.11. The first-order valence-corrected chi connectivity index (χ1v) is 9.14. The van der Waals surface area contributed by atoms with E-state index in [1.54, 1.807) is 12.4 Å². The fourth-order valence-electron chi connectivity index (χ4n) is 4.14. The first-order chi connectivity index (χ1) is 11.8. The zero-order chi connectivity index (χ0) is 16.4. The fourth-order valence-corrected chi connectivity index (χ4v) is 4.14. The molecule has 0 unspecified atom stereocenters. The van der Waals surface area contributed by atoms with E-state index < -0.39 is 0 Å². The van der Waals surface area contributed by atoms with Crippen LogP contribution in [-0.2, 0) is 6.42 Å². The highest BCUT2D eigenvalue weighted by molar-refractivity contribution is 5.57. The third-order valence-electron chi connectivity index (χ3n) is 5.67. The molecule has 2 aromatic rings. The number of hydrogen-bond acceptors (Lipinski definition) is 4. The van der Waals surface area contributed by atoms with Gasteiger partial charge in [0.05, 0.1) is 11.7 Å². The van der Waals surface area contributed by atoms with Gasteiger partial charge in [-0.15, -0.1) is 0 Å². The Kier molecular flexibility index (Phi) is 4.48. The lowest BCUT2D eigenvalue weighted by molar-refractivity contribution is 0.140. The number of likely N-dealkylation sites (tertiary alicyclic amines) is 1. The van der Waals surface area contributed by atoms with Gasteiger partial charge in [-0.3, -0.25) is 14.9 Å². The van der Waals surface area contributed by atoms with E-state index in [2.05, 4.69) is 51.0 Å². The molecule has 4 heteroatoms. The number of benzene rings is 1. The summed E-state index contributed by atoms with van der Waals surface area (Å²) in [5, 5.41) is 0. The smallest absolute Gasteiger partial charge is 0.0755 e. The molecule has 1 saturated heterocycles. The lowest BCUT2D eigenvalue weighted by Crippen LogP contribution is -2.39. The van der Waals surface area contributed by atoms with Crippen molar-refractivity contribution in [2.45, 2.75) is 32.2 Å². The number of aromatic nitrogens is 2. The summed E-state index contributed by atoms with van der Waals surface area (Å²) in [5.74, 6) is 0.807. The van der Waals surface area contributed by atoms with Crippen LogP contribution in [-0.4, -0.2) is 41.0 Å². The Morgan fingerprint density at radius 3 is 2.75 bits per heavy atom. The van der Waals surface area contributed by atoms with Gasteiger partial charge in [-0.2, -0.15) is 0 Å². The molecular formula is C20H26N4. The Bertz CT molecular complexity index is 664. The average molecular weight is 322 g/mol. The van der Waals surface area contributed by atoms with Gasteiger partial charge >= 0.3 is 0 Å². The van der Waals surface area contributed by atoms with Crippen molar-refractivity contribution in [3.63, 3.8) is 0 Å². The van der Waals surface area contributed by atoms with Crippen molar-refractivity contribution in [2.24, 2.45) is 5.92 Å². The van der Waals surface area contributed by atoms with Crippen LogP contribution in [0, 0.1) is 5.92 Å². The molecule has 0 bridgehead atoms. The highest BCUT2D eigenvalue weighted by atomic mass is 15.2. The van der Waals surface area contributed by atoms with Crippen LogP contribution in [0.15, 0.2) is 42.9 Å². The van der Waals surface area contributed by atoms with E-state index in [0.29, 0.717) is 6.04 Å². The van der Waals surface area contributed by atoms with Gasteiger partial charge in [0.25, 0.3) is 0 Å². The summed E-state index contributed by atoms with van der Waals surface area (Å²) in [5.41, 5.74) is 4.07. The number of nitrogens with zero attached hydrogens (tertiary/aromatic N) is 4. The molecule has 0 radical (unpaired) electrons. The predicted molar refractivity (Wildman–Crippen MR) is 97.1 cm³/mol. The second-order valence-corrected chi connectivity index (χ2v) is 7.11. The minimum atomic E-state index is 0.368. The van der Waals surface area contributed by atoms with Gasteiger partial charge in [0.1, 0.15) is 0 Å². The number of piperidine rings is 1. The zero-order valence-corrected chi connectivity index (χ0v) is 14.4. The van der Waals surface area contributed by atoms with Crippen molar-refractivity contribution >= 4 is 5.69 Å². The lowest BCUT2D eigenvalue weighted by atomic mass is 9.95. The summed E-state index contributed by atoms with van der Waals surface area (Å²) in [4.78, 5) is 13.8. The van der Waals surface area contributed by atoms with Gasteiger partial charge in [0.2, 0.25) is 0 Å². The Labute approximate surface area is 144 Å². The van der Waals surface area contributed by atoms with Crippen LogP contribution >= 0.6 is 0 Å². The number of fused-ring (bicyclic) bond motifs is 1. The summed E-state index contributed by atoms with van der Waals surface area (Å²) >= 11 is 0. The molecule has 0 amide bonds. The highest BCUT2D eigenvalue weighted by Gasteiger charge is 2.27. The summed E-state index contributed by atoms with van der Waals surface area (Å²) in [6, 6.07) is 9.26. The maximum atomic E-state index is 4.47. The van der Waals surface area contributed by atoms with Crippen molar-refractivity contribution in [3.8, 4) is 0 Å². The summed E-state index contributed by atoms with van der Waals surface area (Å²) in [7, 11) is 0. The van der Waals surface area contributed by atoms with E-state index in [1.165, 1.54) is 43.6 Å². The van der Waals surface area contributed by atoms with Crippen LogP contribution in [0.4, 0.5) is 5.69 Å². The van der Waals surface area contributed by atoms with E-state index in [1.807, 2.05) is 6.20 Å². The molecule has 1 aromatic carbocycles. The number of anilines is 1. The first kappa shape index (κ1) is 15.6. The Balaban J connectivity index is 1.32. The molecule has 0 spiro atoms. The topological polar surface area (TPSA) is 32.3 Å². The largest absolute Gasteiger partial charge is 0.371 e. The molecule has 24 heavy (non-hydrogen) atoms. The molecule has 4 nitrogen and oxygen atoms in total. The lowest BCUT2D eigenvalue weighted by Gasteiger charge is -2.37. The zero-order valence-electron chi connectivity index (χ0n) is 14.4. The number of rotatable bonds is 4. The summed E-state index contributed by atoms with van der Waals surface area (Å²) < 4.78 is 0. The van der Waals surface area contributed by atoms with Crippen LogP contribution in [0.3, 0.4) is 0 Å². The Morgan fingerprint density at radius 1 is 1.12 bits per heavy atom. The van der Waals surface area contributed by atoms with Crippen LogP contribution in [0.25, 0.3) is 0 Å². The molecule has 126 valence electrons. The van der Waals surface area contributed by atoms with Crippen LogP contribution in [0.1, 0.15) is 37.1 Å². The molecule has 1 aromatic heterocycles.